The normalized spacial score (nSPS) is 23.8. The molecule has 98 valence electrons. The Labute approximate surface area is 102 Å². The molecule has 7 heteroatoms. The number of hydrogen-bond donors (Lipinski definition) is 3. The highest BCUT2D eigenvalue weighted by atomic mass is 16.4. The largest absolute Gasteiger partial charge is 0.477 e. The van der Waals surface area contributed by atoms with Gasteiger partial charge in [-0.15, -0.1) is 0 Å². The van der Waals surface area contributed by atoms with Crippen molar-refractivity contribution >= 4 is 5.97 Å². The smallest absolute Gasteiger partial charge is 0.342 e. The molecule has 0 amide bonds. The molecule has 4 N–H and O–H groups in total. The number of carbonyl (C=O) groups is 1. The topological polar surface area (TPSA) is 118 Å². The van der Waals surface area contributed by atoms with E-state index in [2.05, 4.69) is 0 Å². The van der Waals surface area contributed by atoms with E-state index < -0.39 is 22.8 Å². The number of carboxylic acid groups (broad SMARTS) is 1. The van der Waals surface area contributed by atoms with Gasteiger partial charge in [0.25, 0.3) is 5.56 Å². The molecule has 1 heterocycles. The van der Waals surface area contributed by atoms with Crippen LogP contribution in [0.1, 0.15) is 42.1 Å². The molecular formula is C11H15N3O4. The second-order valence-electron chi connectivity index (χ2n) is 4.53. The molecule has 0 unspecified atom stereocenters. The van der Waals surface area contributed by atoms with E-state index in [1.165, 1.54) is 4.57 Å². The van der Waals surface area contributed by atoms with Crippen LogP contribution >= 0.6 is 0 Å². The van der Waals surface area contributed by atoms with Crippen molar-refractivity contribution in [2.24, 2.45) is 5.73 Å². The minimum Gasteiger partial charge on any atom is -0.477 e. The van der Waals surface area contributed by atoms with Gasteiger partial charge in [0.15, 0.2) is 0 Å². The molecule has 2 rings (SSSR count). The zero-order chi connectivity index (χ0) is 13.3. The summed E-state index contributed by atoms with van der Waals surface area (Å²) in [5.41, 5.74) is 4.02. The summed E-state index contributed by atoms with van der Waals surface area (Å²) in [6.07, 6.45) is 4.54. The van der Waals surface area contributed by atoms with Crippen LogP contribution in [0.2, 0.25) is 0 Å². The first-order valence-electron chi connectivity index (χ1n) is 5.85. The van der Waals surface area contributed by atoms with E-state index in [4.69, 9.17) is 10.8 Å². The number of aromatic nitrogens is 2. The predicted octanol–water partition coefficient (Wildman–Crippen LogP) is -0.323. The zero-order valence-electron chi connectivity index (χ0n) is 9.76. The van der Waals surface area contributed by atoms with Gasteiger partial charge in [0, 0.05) is 12.2 Å². The third-order valence-corrected chi connectivity index (χ3v) is 3.34. The van der Waals surface area contributed by atoms with Crippen LogP contribution in [0.3, 0.4) is 0 Å². The Morgan fingerprint density at radius 2 is 2.06 bits per heavy atom. The summed E-state index contributed by atoms with van der Waals surface area (Å²) < 4.78 is 1.24. The number of aromatic amines is 1. The van der Waals surface area contributed by atoms with Crippen molar-refractivity contribution in [3.05, 3.63) is 32.6 Å². The average Bonchev–Trinajstić information content (AvgIpc) is 2.30. The molecule has 0 aliphatic heterocycles. The van der Waals surface area contributed by atoms with E-state index >= 15 is 0 Å². The van der Waals surface area contributed by atoms with Gasteiger partial charge in [-0.1, -0.05) is 12.8 Å². The van der Waals surface area contributed by atoms with E-state index in [1.54, 1.807) is 0 Å². The molecule has 2 atom stereocenters. The first kappa shape index (κ1) is 12.6. The maximum Gasteiger partial charge on any atom is 0.342 e. The van der Waals surface area contributed by atoms with Gasteiger partial charge in [-0.05, 0) is 12.8 Å². The predicted molar refractivity (Wildman–Crippen MR) is 63.8 cm³/mol. The first-order chi connectivity index (χ1) is 8.50. The molecule has 1 aliphatic carbocycles. The van der Waals surface area contributed by atoms with Crippen molar-refractivity contribution in [3.63, 3.8) is 0 Å². The van der Waals surface area contributed by atoms with E-state index in [1.807, 2.05) is 4.98 Å². The van der Waals surface area contributed by atoms with Gasteiger partial charge < -0.3 is 10.8 Å². The lowest BCUT2D eigenvalue weighted by Crippen LogP contribution is -2.43. The molecule has 0 spiro atoms. The summed E-state index contributed by atoms with van der Waals surface area (Å²) in [6.45, 7) is 0. The van der Waals surface area contributed by atoms with Gasteiger partial charge in [0.1, 0.15) is 5.56 Å². The highest BCUT2D eigenvalue weighted by Crippen LogP contribution is 2.25. The Morgan fingerprint density at radius 1 is 1.39 bits per heavy atom. The lowest BCUT2D eigenvalue weighted by molar-refractivity contribution is 0.0693. The highest BCUT2D eigenvalue weighted by molar-refractivity contribution is 5.86. The minimum atomic E-state index is -1.35. The van der Waals surface area contributed by atoms with Crippen molar-refractivity contribution in [1.82, 2.24) is 9.55 Å². The molecule has 0 saturated heterocycles. The lowest BCUT2D eigenvalue weighted by atomic mass is 9.91. The summed E-state index contributed by atoms with van der Waals surface area (Å²) in [7, 11) is 0. The Bertz CT molecular complexity index is 574. The molecule has 7 nitrogen and oxygen atoms in total. The molecule has 1 aromatic heterocycles. The van der Waals surface area contributed by atoms with E-state index in [9.17, 15) is 14.4 Å². The van der Waals surface area contributed by atoms with Crippen molar-refractivity contribution < 1.29 is 9.90 Å². The second kappa shape index (κ2) is 4.77. The van der Waals surface area contributed by atoms with Crippen LogP contribution in [0.25, 0.3) is 0 Å². The summed E-state index contributed by atoms with van der Waals surface area (Å²) >= 11 is 0. The third kappa shape index (κ3) is 2.21. The fourth-order valence-corrected chi connectivity index (χ4v) is 2.37. The van der Waals surface area contributed by atoms with Gasteiger partial charge in [0.05, 0.1) is 6.04 Å². The molecular weight excluding hydrogens is 238 g/mol. The number of carboxylic acids is 1. The van der Waals surface area contributed by atoms with Gasteiger partial charge >= 0.3 is 11.7 Å². The van der Waals surface area contributed by atoms with Crippen molar-refractivity contribution in [2.45, 2.75) is 37.8 Å². The third-order valence-electron chi connectivity index (χ3n) is 3.34. The molecule has 18 heavy (non-hydrogen) atoms. The van der Waals surface area contributed by atoms with Crippen LogP contribution in [-0.2, 0) is 0 Å². The number of nitrogens with two attached hydrogens (primary N) is 1. The molecule has 0 radical (unpaired) electrons. The average molecular weight is 253 g/mol. The quantitative estimate of drug-likeness (QED) is 0.667. The van der Waals surface area contributed by atoms with Gasteiger partial charge in [-0.25, -0.2) is 9.59 Å². The minimum absolute atomic E-state index is 0.191. The SMILES string of the molecule is N[C@H]1CCCC[C@H]1n1cc(C(=O)O)c(=O)[nH]c1=O. The summed E-state index contributed by atoms with van der Waals surface area (Å²) in [4.78, 5) is 35.9. The molecule has 0 bridgehead atoms. The first-order valence-corrected chi connectivity index (χ1v) is 5.85. The van der Waals surface area contributed by atoms with Crippen LogP contribution in [0.5, 0.6) is 0 Å². The molecule has 0 aromatic carbocycles. The maximum atomic E-state index is 11.7. The summed E-state index contributed by atoms with van der Waals surface area (Å²) in [6, 6.07) is -0.440. The van der Waals surface area contributed by atoms with E-state index in [0.717, 1.165) is 25.5 Å². The molecule has 1 aliphatic rings. The molecule has 1 fully saturated rings. The van der Waals surface area contributed by atoms with Gasteiger partial charge in [0.2, 0.25) is 0 Å². The standard InChI is InChI=1S/C11H15N3O4/c12-7-3-1-2-4-8(7)14-5-6(10(16)17)9(15)13-11(14)18/h5,7-8H,1-4,12H2,(H,16,17)(H,13,15,18)/t7-,8+/m0/s1. The molecule has 1 saturated carbocycles. The van der Waals surface area contributed by atoms with Crippen LogP contribution in [-0.4, -0.2) is 26.7 Å². The maximum absolute atomic E-state index is 11.7. The fraction of sp³-hybridized carbons (Fsp3) is 0.545. The van der Waals surface area contributed by atoms with Crippen LogP contribution < -0.4 is 17.0 Å². The van der Waals surface area contributed by atoms with Crippen molar-refractivity contribution in [3.8, 4) is 0 Å². The lowest BCUT2D eigenvalue weighted by Gasteiger charge is -2.29. The Balaban J connectivity index is 2.50. The van der Waals surface area contributed by atoms with E-state index in [-0.39, 0.29) is 12.1 Å². The van der Waals surface area contributed by atoms with Crippen LogP contribution in [0, 0.1) is 0 Å². The van der Waals surface area contributed by atoms with Crippen molar-refractivity contribution in [1.29, 1.82) is 0 Å². The number of nitrogens with zero attached hydrogens (tertiary/aromatic N) is 1. The molecule has 1 aromatic rings. The number of H-pyrrole nitrogens is 1. The second-order valence-corrected chi connectivity index (χ2v) is 4.53. The van der Waals surface area contributed by atoms with Gasteiger partial charge in [-0.3, -0.25) is 14.3 Å². The summed E-state index contributed by atoms with van der Waals surface area (Å²) in [5.74, 6) is -1.35. The zero-order valence-corrected chi connectivity index (χ0v) is 9.76. The Morgan fingerprint density at radius 3 is 2.67 bits per heavy atom. The summed E-state index contributed by atoms with van der Waals surface area (Å²) in [5, 5.41) is 8.88. The van der Waals surface area contributed by atoms with Gasteiger partial charge in [-0.2, -0.15) is 0 Å². The Hall–Kier alpha value is -1.89. The number of hydrogen-bond acceptors (Lipinski definition) is 4. The van der Waals surface area contributed by atoms with E-state index in [0.29, 0.717) is 6.42 Å². The Kier molecular flexibility index (Phi) is 3.33. The fourth-order valence-electron chi connectivity index (χ4n) is 2.37. The van der Waals surface area contributed by atoms with Crippen LogP contribution in [0.15, 0.2) is 15.8 Å². The number of nitrogens with one attached hydrogen (secondary N) is 1. The number of aromatic carboxylic acids is 1. The number of rotatable bonds is 2. The monoisotopic (exact) mass is 253 g/mol. The van der Waals surface area contributed by atoms with Crippen molar-refractivity contribution in [2.75, 3.05) is 0 Å². The highest BCUT2D eigenvalue weighted by Gasteiger charge is 2.25. The van der Waals surface area contributed by atoms with Crippen LogP contribution in [0.4, 0.5) is 0 Å².